The van der Waals surface area contributed by atoms with Crippen LogP contribution in [0.3, 0.4) is 0 Å². The Bertz CT molecular complexity index is 1010. The van der Waals surface area contributed by atoms with Gasteiger partial charge in [0, 0.05) is 24.6 Å². The summed E-state index contributed by atoms with van der Waals surface area (Å²) in [7, 11) is 0. The number of amidine groups is 1. The molecule has 3 atom stereocenters. The van der Waals surface area contributed by atoms with E-state index in [2.05, 4.69) is 62.1 Å². The van der Waals surface area contributed by atoms with Crippen molar-refractivity contribution in [2.24, 2.45) is 10.9 Å². The molecule has 5 rings (SSSR count). The molecule has 0 saturated carbocycles. The summed E-state index contributed by atoms with van der Waals surface area (Å²) in [5.74, 6) is 1.12. The van der Waals surface area contributed by atoms with Gasteiger partial charge in [-0.15, -0.1) is 0 Å². The molecule has 0 aliphatic carbocycles. The minimum atomic E-state index is -0.853. The Hall–Kier alpha value is -2.66. The molecular weight excluding hydrogens is 398 g/mol. The highest BCUT2D eigenvalue weighted by molar-refractivity contribution is 6.09. The molecule has 5 heteroatoms. The van der Waals surface area contributed by atoms with E-state index in [1.165, 1.54) is 11.1 Å². The van der Waals surface area contributed by atoms with Crippen molar-refractivity contribution in [3.8, 4) is 0 Å². The van der Waals surface area contributed by atoms with E-state index in [0.717, 1.165) is 49.4 Å². The van der Waals surface area contributed by atoms with Gasteiger partial charge < -0.3 is 9.64 Å². The fraction of sp³-hybridized carbons (Fsp3) is 0.481. The van der Waals surface area contributed by atoms with Crippen LogP contribution in [0.1, 0.15) is 50.2 Å². The number of carbonyl (C=O) groups excluding carboxylic acids is 1. The first kappa shape index (κ1) is 21.2. The van der Waals surface area contributed by atoms with Gasteiger partial charge in [-0.1, -0.05) is 48.7 Å². The first-order chi connectivity index (χ1) is 15.5. The van der Waals surface area contributed by atoms with E-state index in [0.29, 0.717) is 19.1 Å². The molecule has 32 heavy (non-hydrogen) atoms. The average molecular weight is 432 g/mol. The quantitative estimate of drug-likeness (QED) is 0.653. The summed E-state index contributed by atoms with van der Waals surface area (Å²) in [5.41, 5.74) is 3.35. The molecule has 1 amide bonds. The molecule has 1 spiro atoms. The summed E-state index contributed by atoms with van der Waals surface area (Å²) in [6.07, 6.45) is 4.67. The maximum atomic E-state index is 13.5. The van der Waals surface area contributed by atoms with Crippen molar-refractivity contribution in [2.45, 2.75) is 64.6 Å². The first-order valence-electron chi connectivity index (χ1n) is 12.0. The third-order valence-electron chi connectivity index (χ3n) is 7.22. The zero-order valence-corrected chi connectivity index (χ0v) is 19.4. The van der Waals surface area contributed by atoms with Crippen LogP contribution in [0.25, 0.3) is 0 Å². The third-order valence-corrected chi connectivity index (χ3v) is 7.22. The lowest BCUT2D eigenvalue weighted by atomic mass is 9.88. The van der Waals surface area contributed by atoms with Crippen LogP contribution in [0.5, 0.6) is 0 Å². The van der Waals surface area contributed by atoms with Crippen LogP contribution in [0.15, 0.2) is 53.5 Å². The SMILES string of the molecule is CCCC1CC(=O)N(c2ccc(C)cc2)C12OC[C@@H]1CCCN1C2=Nc1ccc(C)cc1. The van der Waals surface area contributed by atoms with Crippen LogP contribution < -0.4 is 4.90 Å². The van der Waals surface area contributed by atoms with Gasteiger partial charge in [0.1, 0.15) is 0 Å². The van der Waals surface area contributed by atoms with Gasteiger partial charge in [0.25, 0.3) is 0 Å². The molecule has 0 aromatic heterocycles. The van der Waals surface area contributed by atoms with Gasteiger partial charge in [-0.3, -0.25) is 9.69 Å². The fourth-order valence-corrected chi connectivity index (χ4v) is 5.62. The second-order valence-electron chi connectivity index (χ2n) is 9.52. The Morgan fingerprint density at radius 2 is 1.75 bits per heavy atom. The Kier molecular flexibility index (Phi) is 5.54. The molecule has 2 aromatic carbocycles. The van der Waals surface area contributed by atoms with Gasteiger partial charge in [-0.05, 0) is 57.4 Å². The van der Waals surface area contributed by atoms with Crippen molar-refractivity contribution in [2.75, 3.05) is 18.1 Å². The van der Waals surface area contributed by atoms with Crippen LogP contribution in [0.4, 0.5) is 11.4 Å². The van der Waals surface area contributed by atoms with E-state index in [4.69, 9.17) is 9.73 Å². The second kappa shape index (κ2) is 8.36. The normalized spacial score (nSPS) is 28.7. The van der Waals surface area contributed by atoms with Crippen molar-refractivity contribution in [3.63, 3.8) is 0 Å². The minimum absolute atomic E-state index is 0.0760. The zero-order valence-electron chi connectivity index (χ0n) is 19.4. The van der Waals surface area contributed by atoms with Gasteiger partial charge in [0.05, 0.1) is 18.3 Å². The van der Waals surface area contributed by atoms with E-state index in [1.54, 1.807) is 0 Å². The molecule has 0 bridgehead atoms. The van der Waals surface area contributed by atoms with Gasteiger partial charge in [-0.25, -0.2) is 4.99 Å². The number of ether oxygens (including phenoxy) is 1. The van der Waals surface area contributed by atoms with Crippen molar-refractivity contribution in [1.82, 2.24) is 4.90 Å². The smallest absolute Gasteiger partial charge is 0.230 e. The van der Waals surface area contributed by atoms with E-state index in [9.17, 15) is 4.79 Å². The van der Waals surface area contributed by atoms with Crippen LogP contribution in [-0.2, 0) is 9.53 Å². The predicted molar refractivity (Wildman–Crippen MR) is 128 cm³/mol. The molecule has 3 fully saturated rings. The molecule has 0 N–H and O–H groups in total. The van der Waals surface area contributed by atoms with Crippen LogP contribution >= 0.6 is 0 Å². The monoisotopic (exact) mass is 431 g/mol. The molecular formula is C27H33N3O2. The predicted octanol–water partition coefficient (Wildman–Crippen LogP) is 5.38. The Morgan fingerprint density at radius 3 is 2.44 bits per heavy atom. The van der Waals surface area contributed by atoms with Gasteiger partial charge in [0.15, 0.2) is 5.84 Å². The molecule has 168 valence electrons. The summed E-state index contributed by atoms with van der Waals surface area (Å²) in [4.78, 5) is 23.1. The number of fused-ring (bicyclic) bond motifs is 1. The molecule has 3 aliphatic heterocycles. The Balaban J connectivity index is 1.69. The summed E-state index contributed by atoms with van der Waals surface area (Å²) < 4.78 is 6.81. The Labute approximate surface area is 191 Å². The van der Waals surface area contributed by atoms with Gasteiger partial charge in [-0.2, -0.15) is 0 Å². The number of hydrogen-bond donors (Lipinski definition) is 0. The third kappa shape index (κ3) is 3.43. The minimum Gasteiger partial charge on any atom is -0.351 e. The number of nitrogens with zero attached hydrogens (tertiary/aromatic N) is 3. The van der Waals surface area contributed by atoms with Crippen LogP contribution in [0.2, 0.25) is 0 Å². The number of anilines is 1. The van der Waals surface area contributed by atoms with Gasteiger partial charge >= 0.3 is 0 Å². The van der Waals surface area contributed by atoms with Gasteiger partial charge in [0.2, 0.25) is 11.6 Å². The number of morpholine rings is 1. The molecule has 3 saturated heterocycles. The largest absolute Gasteiger partial charge is 0.351 e. The molecule has 3 aliphatic rings. The summed E-state index contributed by atoms with van der Waals surface area (Å²) in [6, 6.07) is 16.9. The number of aliphatic imine (C=N–C) groups is 1. The number of hydrogen-bond acceptors (Lipinski definition) is 3. The summed E-state index contributed by atoms with van der Waals surface area (Å²) >= 11 is 0. The molecule has 2 aromatic rings. The Morgan fingerprint density at radius 1 is 1.06 bits per heavy atom. The van der Waals surface area contributed by atoms with E-state index >= 15 is 0 Å². The first-order valence-corrected chi connectivity index (χ1v) is 12.0. The van der Waals surface area contributed by atoms with Crippen molar-refractivity contribution in [3.05, 3.63) is 59.7 Å². The van der Waals surface area contributed by atoms with Crippen LogP contribution in [0, 0.1) is 19.8 Å². The lowest BCUT2D eigenvalue weighted by molar-refractivity contribution is -0.119. The van der Waals surface area contributed by atoms with E-state index in [1.807, 2.05) is 17.0 Å². The lowest BCUT2D eigenvalue weighted by Crippen LogP contribution is -2.67. The topological polar surface area (TPSA) is 45.1 Å². The maximum Gasteiger partial charge on any atom is 0.230 e. The highest BCUT2D eigenvalue weighted by atomic mass is 16.5. The number of rotatable bonds is 4. The lowest BCUT2D eigenvalue weighted by Gasteiger charge is -2.50. The van der Waals surface area contributed by atoms with E-state index in [-0.39, 0.29) is 11.8 Å². The van der Waals surface area contributed by atoms with Crippen molar-refractivity contribution < 1.29 is 9.53 Å². The zero-order chi connectivity index (χ0) is 22.3. The molecule has 0 radical (unpaired) electrons. The highest BCUT2D eigenvalue weighted by Gasteiger charge is 2.62. The average Bonchev–Trinajstić information content (AvgIpc) is 3.36. The standard InChI is InChI=1S/C27H33N3O2/c1-4-6-21-17-25(31)30(23-14-10-20(3)11-15-23)27(21)26(28-22-12-8-19(2)9-13-22)29-16-5-7-24(29)18-32-27/h8-15,21,24H,4-7,16-18H2,1-3H3/t21?,24-,27?/m0/s1. The fourth-order valence-electron chi connectivity index (χ4n) is 5.62. The van der Waals surface area contributed by atoms with Crippen LogP contribution in [-0.4, -0.2) is 41.6 Å². The molecule has 5 nitrogen and oxygen atoms in total. The number of aryl methyl sites for hydroxylation is 2. The summed E-state index contributed by atoms with van der Waals surface area (Å²) in [5, 5.41) is 0. The highest BCUT2D eigenvalue weighted by Crippen LogP contribution is 2.48. The number of carbonyl (C=O) groups is 1. The maximum absolute atomic E-state index is 13.5. The van der Waals surface area contributed by atoms with E-state index < -0.39 is 5.72 Å². The second-order valence-corrected chi connectivity index (χ2v) is 9.52. The molecule has 3 heterocycles. The number of amides is 1. The van der Waals surface area contributed by atoms with Crippen molar-refractivity contribution >= 4 is 23.1 Å². The molecule has 2 unspecified atom stereocenters. The summed E-state index contributed by atoms with van der Waals surface area (Å²) in [6.45, 7) is 7.95. The number of benzene rings is 2. The van der Waals surface area contributed by atoms with Crippen molar-refractivity contribution in [1.29, 1.82) is 0 Å².